The summed E-state index contributed by atoms with van der Waals surface area (Å²) < 4.78 is 13.4. The first-order chi connectivity index (χ1) is 12.0. The molecule has 1 amide bonds. The van der Waals surface area contributed by atoms with Gasteiger partial charge in [0.15, 0.2) is 0 Å². The second-order valence-corrected chi connectivity index (χ2v) is 7.75. The van der Waals surface area contributed by atoms with Crippen molar-refractivity contribution in [2.45, 2.75) is 63.1 Å². The summed E-state index contributed by atoms with van der Waals surface area (Å²) in [4.78, 5) is 14.4. The number of hydrogen-bond acceptors (Lipinski definition) is 3. The van der Waals surface area contributed by atoms with Crippen LogP contribution in [0.25, 0.3) is 0 Å². The van der Waals surface area contributed by atoms with E-state index in [-0.39, 0.29) is 24.1 Å². The molecule has 1 saturated carbocycles. The van der Waals surface area contributed by atoms with E-state index in [0.717, 1.165) is 24.8 Å². The largest absolute Gasteiger partial charge is 0.393 e. The van der Waals surface area contributed by atoms with E-state index in [9.17, 15) is 19.4 Å². The predicted octanol–water partition coefficient (Wildman–Crippen LogP) is 2.66. The molecule has 2 atom stereocenters. The van der Waals surface area contributed by atoms with Crippen LogP contribution in [0.2, 0.25) is 0 Å². The van der Waals surface area contributed by atoms with Crippen LogP contribution in [-0.4, -0.2) is 45.8 Å². The van der Waals surface area contributed by atoms with Crippen LogP contribution in [0, 0.1) is 11.7 Å². The molecule has 0 radical (unpaired) electrons. The van der Waals surface area contributed by atoms with Crippen molar-refractivity contribution in [1.82, 2.24) is 4.90 Å². The number of aliphatic hydroxyl groups is 2. The van der Waals surface area contributed by atoms with Gasteiger partial charge in [0.25, 0.3) is 0 Å². The fraction of sp³-hybridized carbons (Fsp3) is 0.650. The van der Waals surface area contributed by atoms with Crippen molar-refractivity contribution in [2.75, 3.05) is 13.1 Å². The Hall–Kier alpha value is -1.46. The van der Waals surface area contributed by atoms with Crippen molar-refractivity contribution in [3.8, 4) is 0 Å². The van der Waals surface area contributed by atoms with Crippen LogP contribution in [0.15, 0.2) is 24.3 Å². The van der Waals surface area contributed by atoms with Gasteiger partial charge >= 0.3 is 0 Å². The van der Waals surface area contributed by atoms with Crippen molar-refractivity contribution in [2.24, 2.45) is 5.92 Å². The summed E-state index contributed by atoms with van der Waals surface area (Å²) in [6.07, 6.45) is 5.25. The Morgan fingerprint density at radius 3 is 2.76 bits per heavy atom. The standard InChI is InChI=1S/C20H28FNO3/c21-17-6-4-5-15(12-17)11-16-14-22(10-7-18(16)23)19(24)13-20(25)8-2-1-3-9-20/h4-6,12,16,18,23,25H,1-3,7-11,13-14H2/t16-,18-/m1/s1. The maximum atomic E-state index is 13.4. The third-order valence-electron chi connectivity index (χ3n) is 5.70. The summed E-state index contributed by atoms with van der Waals surface area (Å²) in [5.41, 5.74) is -0.0204. The van der Waals surface area contributed by atoms with Gasteiger partial charge in [-0.2, -0.15) is 0 Å². The second-order valence-electron chi connectivity index (χ2n) is 7.75. The van der Waals surface area contributed by atoms with Gasteiger partial charge in [-0.1, -0.05) is 31.4 Å². The Labute approximate surface area is 148 Å². The summed E-state index contributed by atoms with van der Waals surface area (Å²) in [6, 6.07) is 6.41. The van der Waals surface area contributed by atoms with Crippen LogP contribution in [0.4, 0.5) is 4.39 Å². The highest BCUT2D eigenvalue weighted by Crippen LogP contribution is 2.32. The lowest BCUT2D eigenvalue weighted by Gasteiger charge is -2.39. The summed E-state index contributed by atoms with van der Waals surface area (Å²) >= 11 is 0. The number of hydrogen-bond donors (Lipinski definition) is 2. The van der Waals surface area contributed by atoms with Gasteiger partial charge in [0.1, 0.15) is 5.82 Å². The van der Waals surface area contributed by atoms with E-state index in [4.69, 9.17) is 0 Å². The van der Waals surface area contributed by atoms with Gasteiger partial charge in [-0.3, -0.25) is 4.79 Å². The monoisotopic (exact) mass is 349 g/mol. The van der Waals surface area contributed by atoms with Crippen LogP contribution in [0.5, 0.6) is 0 Å². The molecule has 2 N–H and O–H groups in total. The number of piperidine rings is 1. The number of amides is 1. The Morgan fingerprint density at radius 1 is 1.28 bits per heavy atom. The molecule has 1 heterocycles. The number of rotatable bonds is 4. The minimum atomic E-state index is -0.858. The first-order valence-corrected chi connectivity index (χ1v) is 9.38. The van der Waals surface area contributed by atoms with Gasteiger partial charge in [0.2, 0.25) is 5.91 Å². The number of aliphatic hydroxyl groups excluding tert-OH is 1. The maximum absolute atomic E-state index is 13.4. The number of nitrogens with zero attached hydrogens (tertiary/aromatic N) is 1. The minimum Gasteiger partial charge on any atom is -0.393 e. The normalized spacial score (nSPS) is 26.4. The Morgan fingerprint density at radius 2 is 2.04 bits per heavy atom. The lowest BCUT2D eigenvalue weighted by Crippen LogP contribution is -2.49. The molecular formula is C20H28FNO3. The van der Waals surface area contributed by atoms with Crippen molar-refractivity contribution in [1.29, 1.82) is 0 Å². The van der Waals surface area contributed by atoms with Crippen molar-refractivity contribution >= 4 is 5.91 Å². The lowest BCUT2D eigenvalue weighted by molar-refractivity contribution is -0.141. The molecule has 3 rings (SSSR count). The van der Waals surface area contributed by atoms with E-state index >= 15 is 0 Å². The zero-order valence-corrected chi connectivity index (χ0v) is 14.7. The number of carbonyl (C=O) groups excluding carboxylic acids is 1. The van der Waals surface area contributed by atoms with Crippen LogP contribution in [-0.2, 0) is 11.2 Å². The van der Waals surface area contributed by atoms with E-state index in [2.05, 4.69) is 0 Å². The molecule has 2 fully saturated rings. The van der Waals surface area contributed by atoms with Crippen molar-refractivity contribution in [3.05, 3.63) is 35.6 Å². The molecule has 4 nitrogen and oxygen atoms in total. The van der Waals surface area contributed by atoms with Gasteiger partial charge < -0.3 is 15.1 Å². The molecule has 1 saturated heterocycles. The van der Waals surface area contributed by atoms with Crippen LogP contribution in [0.3, 0.4) is 0 Å². The SMILES string of the molecule is O=C(CC1(O)CCCCC1)N1CC[C@@H](O)[C@H](Cc2cccc(F)c2)C1. The van der Waals surface area contributed by atoms with Gasteiger partial charge in [-0.15, -0.1) is 0 Å². The average molecular weight is 349 g/mol. The molecule has 138 valence electrons. The smallest absolute Gasteiger partial charge is 0.225 e. The minimum absolute atomic E-state index is 0.0273. The first kappa shape index (κ1) is 18.3. The molecule has 2 aliphatic rings. The molecule has 5 heteroatoms. The predicted molar refractivity (Wildman–Crippen MR) is 93.4 cm³/mol. The Kier molecular flexibility index (Phi) is 5.74. The highest BCUT2D eigenvalue weighted by Gasteiger charge is 2.36. The molecular weight excluding hydrogens is 321 g/mol. The molecule has 0 aromatic heterocycles. The zero-order valence-electron chi connectivity index (χ0n) is 14.7. The molecule has 25 heavy (non-hydrogen) atoms. The molecule has 0 spiro atoms. The fourth-order valence-corrected chi connectivity index (χ4v) is 4.19. The van der Waals surface area contributed by atoms with Crippen LogP contribution >= 0.6 is 0 Å². The highest BCUT2D eigenvalue weighted by atomic mass is 19.1. The maximum Gasteiger partial charge on any atom is 0.225 e. The van der Waals surface area contributed by atoms with Crippen LogP contribution < -0.4 is 0 Å². The lowest BCUT2D eigenvalue weighted by atomic mass is 9.81. The molecule has 0 bridgehead atoms. The quantitative estimate of drug-likeness (QED) is 0.879. The number of carbonyl (C=O) groups is 1. The summed E-state index contributed by atoms with van der Waals surface area (Å²) in [6.45, 7) is 0.988. The fourth-order valence-electron chi connectivity index (χ4n) is 4.19. The van der Waals surface area contributed by atoms with Gasteiger partial charge in [-0.25, -0.2) is 4.39 Å². The van der Waals surface area contributed by atoms with Crippen molar-refractivity contribution in [3.63, 3.8) is 0 Å². The van der Waals surface area contributed by atoms with Gasteiger partial charge in [-0.05, 0) is 43.4 Å². The van der Waals surface area contributed by atoms with E-state index in [1.54, 1.807) is 11.0 Å². The molecule has 1 aromatic carbocycles. The molecule has 1 aromatic rings. The second kappa shape index (κ2) is 7.83. The Balaban J connectivity index is 1.60. The summed E-state index contributed by atoms with van der Waals surface area (Å²) in [5, 5.41) is 20.9. The Bertz CT molecular complexity index is 600. The van der Waals surface area contributed by atoms with Gasteiger partial charge in [0.05, 0.1) is 18.1 Å². The average Bonchev–Trinajstić information content (AvgIpc) is 2.57. The van der Waals surface area contributed by atoms with E-state index < -0.39 is 11.7 Å². The molecule has 1 aliphatic carbocycles. The molecule has 0 unspecified atom stereocenters. The summed E-state index contributed by atoms with van der Waals surface area (Å²) in [7, 11) is 0. The topological polar surface area (TPSA) is 60.8 Å². The first-order valence-electron chi connectivity index (χ1n) is 9.38. The van der Waals surface area contributed by atoms with Crippen molar-refractivity contribution < 1.29 is 19.4 Å². The van der Waals surface area contributed by atoms with E-state index in [1.165, 1.54) is 12.1 Å². The van der Waals surface area contributed by atoms with E-state index in [1.807, 2.05) is 6.07 Å². The zero-order chi connectivity index (χ0) is 17.9. The number of halogens is 1. The van der Waals surface area contributed by atoms with E-state index in [0.29, 0.717) is 38.8 Å². The third kappa shape index (κ3) is 4.79. The number of benzene rings is 1. The van der Waals surface area contributed by atoms with Gasteiger partial charge in [0, 0.05) is 19.0 Å². The number of likely N-dealkylation sites (tertiary alicyclic amines) is 1. The highest BCUT2D eigenvalue weighted by molar-refractivity contribution is 5.77. The molecule has 1 aliphatic heterocycles. The third-order valence-corrected chi connectivity index (χ3v) is 5.70. The summed E-state index contributed by atoms with van der Waals surface area (Å²) in [5.74, 6) is -0.406. The van der Waals surface area contributed by atoms with Crippen LogP contribution in [0.1, 0.15) is 50.5 Å².